The van der Waals surface area contributed by atoms with Crippen molar-refractivity contribution >= 4 is 17.6 Å². The van der Waals surface area contributed by atoms with Gasteiger partial charge in [-0.25, -0.2) is 0 Å². The molecule has 1 aliphatic rings. The Balaban J connectivity index is 2.17. The van der Waals surface area contributed by atoms with E-state index in [9.17, 15) is 19.7 Å². The number of nitro groups is 1. The molecule has 24 heavy (non-hydrogen) atoms. The SMILES string of the molecule is CC(C)(C)c1ccc(C(=O)N[C@@H]2CC[C@H](C(=O)O)C2)cc1[N+](=O)[O-]. The van der Waals surface area contributed by atoms with Crippen LogP contribution in [0.4, 0.5) is 5.69 Å². The van der Waals surface area contributed by atoms with Crippen molar-refractivity contribution in [3.05, 3.63) is 39.4 Å². The summed E-state index contributed by atoms with van der Waals surface area (Å²) in [6.45, 7) is 5.62. The summed E-state index contributed by atoms with van der Waals surface area (Å²) < 4.78 is 0. The molecule has 0 unspecified atom stereocenters. The largest absolute Gasteiger partial charge is 0.481 e. The van der Waals surface area contributed by atoms with Crippen LogP contribution < -0.4 is 5.32 Å². The number of aliphatic carboxylic acids is 1. The first kappa shape index (κ1) is 17.9. The van der Waals surface area contributed by atoms with Gasteiger partial charge in [0.05, 0.1) is 10.8 Å². The van der Waals surface area contributed by atoms with Gasteiger partial charge in [-0.05, 0) is 30.7 Å². The second-order valence-electron chi connectivity index (χ2n) is 7.26. The molecule has 0 radical (unpaired) electrons. The standard InChI is InChI=1S/C17H22N2O5/c1-17(2,3)13-7-5-10(9-14(13)19(23)24)15(20)18-12-6-4-11(8-12)16(21)22/h5,7,9,11-12H,4,6,8H2,1-3H3,(H,18,20)(H,21,22)/t11-,12+/m0/s1. The summed E-state index contributed by atoms with van der Waals surface area (Å²) in [7, 11) is 0. The summed E-state index contributed by atoms with van der Waals surface area (Å²) in [6.07, 6.45) is 1.53. The predicted octanol–water partition coefficient (Wildman–Crippen LogP) is 2.88. The maximum atomic E-state index is 12.3. The summed E-state index contributed by atoms with van der Waals surface area (Å²) in [5.41, 5.74) is 0.298. The molecular formula is C17H22N2O5. The number of hydrogen-bond donors (Lipinski definition) is 2. The molecule has 2 atom stereocenters. The summed E-state index contributed by atoms with van der Waals surface area (Å²) in [4.78, 5) is 34.1. The van der Waals surface area contributed by atoms with Gasteiger partial charge < -0.3 is 10.4 Å². The topological polar surface area (TPSA) is 110 Å². The van der Waals surface area contributed by atoms with E-state index in [0.29, 0.717) is 24.8 Å². The van der Waals surface area contributed by atoms with Crippen LogP contribution >= 0.6 is 0 Å². The number of carboxylic acid groups (broad SMARTS) is 1. The third-order valence-corrected chi connectivity index (χ3v) is 4.38. The van der Waals surface area contributed by atoms with Crippen LogP contribution in [-0.4, -0.2) is 27.9 Å². The minimum Gasteiger partial charge on any atom is -0.481 e. The molecule has 1 saturated carbocycles. The van der Waals surface area contributed by atoms with Crippen molar-refractivity contribution < 1.29 is 19.6 Å². The van der Waals surface area contributed by atoms with Crippen molar-refractivity contribution in [1.82, 2.24) is 5.32 Å². The zero-order valence-electron chi connectivity index (χ0n) is 14.0. The number of nitrogens with zero attached hydrogens (tertiary/aromatic N) is 1. The van der Waals surface area contributed by atoms with Gasteiger partial charge in [0, 0.05) is 23.2 Å². The van der Waals surface area contributed by atoms with Gasteiger partial charge in [-0.15, -0.1) is 0 Å². The minimum atomic E-state index is -0.850. The minimum absolute atomic E-state index is 0.0787. The quantitative estimate of drug-likeness (QED) is 0.650. The van der Waals surface area contributed by atoms with Crippen molar-refractivity contribution in [2.24, 2.45) is 5.92 Å². The van der Waals surface area contributed by atoms with Crippen LogP contribution in [0.25, 0.3) is 0 Å². The van der Waals surface area contributed by atoms with Crippen molar-refractivity contribution in [3.8, 4) is 0 Å². The van der Waals surface area contributed by atoms with Gasteiger partial charge in [-0.1, -0.05) is 26.8 Å². The van der Waals surface area contributed by atoms with Gasteiger partial charge >= 0.3 is 5.97 Å². The number of benzene rings is 1. The lowest BCUT2D eigenvalue weighted by molar-refractivity contribution is -0.386. The number of amides is 1. The molecule has 2 N–H and O–H groups in total. The van der Waals surface area contributed by atoms with E-state index in [1.54, 1.807) is 12.1 Å². The second-order valence-corrected chi connectivity index (χ2v) is 7.26. The van der Waals surface area contributed by atoms with Crippen LogP contribution in [-0.2, 0) is 10.2 Å². The van der Waals surface area contributed by atoms with Crippen LogP contribution in [0.5, 0.6) is 0 Å². The van der Waals surface area contributed by atoms with E-state index in [1.807, 2.05) is 20.8 Å². The number of carbonyl (C=O) groups excluding carboxylic acids is 1. The molecular weight excluding hydrogens is 312 g/mol. The van der Waals surface area contributed by atoms with Crippen molar-refractivity contribution in [2.75, 3.05) is 0 Å². The summed E-state index contributed by atoms with van der Waals surface area (Å²) >= 11 is 0. The summed E-state index contributed by atoms with van der Waals surface area (Å²) in [6, 6.07) is 4.27. The zero-order valence-corrected chi connectivity index (χ0v) is 14.0. The smallest absolute Gasteiger partial charge is 0.306 e. The zero-order chi connectivity index (χ0) is 18.1. The maximum Gasteiger partial charge on any atom is 0.306 e. The lowest BCUT2D eigenvalue weighted by Gasteiger charge is -2.19. The Morgan fingerprint density at radius 2 is 1.96 bits per heavy atom. The van der Waals surface area contributed by atoms with E-state index < -0.39 is 28.1 Å². The summed E-state index contributed by atoms with van der Waals surface area (Å²) in [5, 5.41) is 23.1. The molecule has 130 valence electrons. The van der Waals surface area contributed by atoms with Crippen LogP contribution in [0.3, 0.4) is 0 Å². The number of hydrogen-bond acceptors (Lipinski definition) is 4. The Bertz CT molecular complexity index is 678. The highest BCUT2D eigenvalue weighted by Crippen LogP contribution is 2.32. The van der Waals surface area contributed by atoms with Crippen molar-refractivity contribution in [1.29, 1.82) is 0 Å². The second kappa shape index (κ2) is 6.59. The van der Waals surface area contributed by atoms with Crippen LogP contribution in [0.1, 0.15) is 56.0 Å². The lowest BCUT2D eigenvalue weighted by atomic mass is 9.85. The third-order valence-electron chi connectivity index (χ3n) is 4.38. The average molecular weight is 334 g/mol. The first-order valence-electron chi connectivity index (χ1n) is 7.92. The molecule has 7 nitrogen and oxygen atoms in total. The average Bonchev–Trinajstić information content (AvgIpc) is 2.94. The number of rotatable bonds is 4. The third kappa shape index (κ3) is 3.90. The van der Waals surface area contributed by atoms with Crippen LogP contribution in [0, 0.1) is 16.0 Å². The monoisotopic (exact) mass is 334 g/mol. The Kier molecular flexibility index (Phi) is 4.91. The fourth-order valence-electron chi connectivity index (χ4n) is 3.06. The van der Waals surface area contributed by atoms with Gasteiger partial charge in [-0.2, -0.15) is 0 Å². The highest BCUT2D eigenvalue weighted by molar-refractivity contribution is 5.95. The van der Waals surface area contributed by atoms with E-state index >= 15 is 0 Å². The van der Waals surface area contributed by atoms with E-state index in [0.717, 1.165) is 0 Å². The first-order valence-corrected chi connectivity index (χ1v) is 7.92. The lowest BCUT2D eigenvalue weighted by Crippen LogP contribution is -2.33. The number of nitro benzene ring substituents is 1. The molecule has 0 spiro atoms. The molecule has 0 saturated heterocycles. The normalized spacial score (nSPS) is 20.6. The molecule has 1 amide bonds. The maximum absolute atomic E-state index is 12.3. The molecule has 1 aromatic rings. The molecule has 2 rings (SSSR count). The van der Waals surface area contributed by atoms with E-state index in [-0.39, 0.29) is 17.3 Å². The predicted molar refractivity (Wildman–Crippen MR) is 88.0 cm³/mol. The van der Waals surface area contributed by atoms with E-state index in [2.05, 4.69) is 5.32 Å². The Morgan fingerprint density at radius 3 is 2.46 bits per heavy atom. The molecule has 1 aliphatic carbocycles. The van der Waals surface area contributed by atoms with Gasteiger partial charge in [0.25, 0.3) is 11.6 Å². The van der Waals surface area contributed by atoms with Gasteiger partial charge in [0.2, 0.25) is 0 Å². The van der Waals surface area contributed by atoms with Crippen molar-refractivity contribution in [3.63, 3.8) is 0 Å². The Morgan fingerprint density at radius 1 is 1.29 bits per heavy atom. The molecule has 0 aromatic heterocycles. The number of carbonyl (C=O) groups is 2. The van der Waals surface area contributed by atoms with Crippen LogP contribution in [0.15, 0.2) is 18.2 Å². The summed E-state index contributed by atoms with van der Waals surface area (Å²) in [5.74, 6) is -1.69. The van der Waals surface area contributed by atoms with Crippen LogP contribution in [0.2, 0.25) is 0 Å². The van der Waals surface area contributed by atoms with Crippen molar-refractivity contribution in [2.45, 2.75) is 51.5 Å². The highest BCUT2D eigenvalue weighted by Gasteiger charge is 2.31. The number of carboxylic acids is 1. The molecule has 7 heteroatoms. The Labute approximate surface area is 140 Å². The molecule has 0 heterocycles. The fraction of sp³-hybridized carbons (Fsp3) is 0.529. The Hall–Kier alpha value is -2.44. The molecule has 0 aliphatic heterocycles. The van der Waals surface area contributed by atoms with E-state index in [1.165, 1.54) is 6.07 Å². The molecule has 1 aromatic carbocycles. The molecule has 1 fully saturated rings. The molecule has 0 bridgehead atoms. The number of nitrogens with one attached hydrogen (secondary N) is 1. The fourth-order valence-corrected chi connectivity index (χ4v) is 3.06. The highest BCUT2D eigenvalue weighted by atomic mass is 16.6. The van der Waals surface area contributed by atoms with E-state index in [4.69, 9.17) is 5.11 Å². The van der Waals surface area contributed by atoms with Gasteiger partial charge in [0.15, 0.2) is 0 Å². The van der Waals surface area contributed by atoms with Gasteiger partial charge in [-0.3, -0.25) is 19.7 Å². The van der Waals surface area contributed by atoms with Gasteiger partial charge in [0.1, 0.15) is 0 Å². The first-order chi connectivity index (χ1) is 11.1.